The number of sulfone groups is 1. The van der Waals surface area contributed by atoms with Crippen LogP contribution in [0, 0.1) is 0 Å². The van der Waals surface area contributed by atoms with E-state index in [4.69, 9.17) is 23.2 Å². The van der Waals surface area contributed by atoms with Crippen molar-refractivity contribution < 1.29 is 13.2 Å². The molecule has 0 aromatic carbocycles. The first-order valence-electron chi connectivity index (χ1n) is 5.65. The molecule has 0 aliphatic carbocycles. The van der Waals surface area contributed by atoms with E-state index in [1.165, 1.54) is 4.90 Å². The van der Waals surface area contributed by atoms with E-state index in [0.29, 0.717) is 25.9 Å². The minimum absolute atomic E-state index is 0.110. The van der Waals surface area contributed by atoms with Gasteiger partial charge in [0.15, 0.2) is 9.84 Å². The van der Waals surface area contributed by atoms with Gasteiger partial charge in [-0.1, -0.05) is 6.42 Å². The van der Waals surface area contributed by atoms with Gasteiger partial charge in [0, 0.05) is 24.8 Å². The summed E-state index contributed by atoms with van der Waals surface area (Å²) in [5, 5.41) is -0.886. The third kappa shape index (κ3) is 4.00. The SMILES string of the molecule is O=C(C1CCCCS1(=O)=O)N(CCCl)CCCl. The van der Waals surface area contributed by atoms with Crippen LogP contribution in [0.25, 0.3) is 0 Å². The monoisotopic (exact) mass is 301 g/mol. The summed E-state index contributed by atoms with van der Waals surface area (Å²) in [6, 6.07) is 0. The van der Waals surface area contributed by atoms with Crippen LogP contribution in [0.4, 0.5) is 0 Å². The lowest BCUT2D eigenvalue weighted by atomic mass is 10.1. The molecule has 100 valence electrons. The molecule has 1 amide bonds. The molecule has 0 aromatic heterocycles. The van der Waals surface area contributed by atoms with E-state index in [-0.39, 0.29) is 23.4 Å². The largest absolute Gasteiger partial charge is 0.339 e. The number of hydrogen-bond acceptors (Lipinski definition) is 3. The summed E-state index contributed by atoms with van der Waals surface area (Å²) < 4.78 is 23.6. The maximum Gasteiger partial charge on any atom is 0.240 e. The van der Waals surface area contributed by atoms with Gasteiger partial charge in [0.25, 0.3) is 0 Å². The molecule has 0 aromatic rings. The van der Waals surface area contributed by atoms with Gasteiger partial charge in [0.05, 0.1) is 5.75 Å². The van der Waals surface area contributed by atoms with Gasteiger partial charge in [-0.2, -0.15) is 0 Å². The van der Waals surface area contributed by atoms with Crippen LogP contribution in [0.15, 0.2) is 0 Å². The fourth-order valence-electron chi connectivity index (χ4n) is 1.97. The third-order valence-corrected chi connectivity index (χ3v) is 5.37. The van der Waals surface area contributed by atoms with Gasteiger partial charge in [-0.3, -0.25) is 4.79 Å². The van der Waals surface area contributed by atoms with E-state index in [0.717, 1.165) is 6.42 Å². The van der Waals surface area contributed by atoms with Crippen LogP contribution in [0.2, 0.25) is 0 Å². The second kappa shape index (κ2) is 6.81. The topological polar surface area (TPSA) is 54.5 Å². The second-order valence-corrected chi connectivity index (χ2v) is 7.11. The summed E-state index contributed by atoms with van der Waals surface area (Å²) in [5.74, 6) is 0.343. The van der Waals surface area contributed by atoms with Crippen molar-refractivity contribution in [3.63, 3.8) is 0 Å². The van der Waals surface area contributed by atoms with Crippen molar-refractivity contribution in [1.29, 1.82) is 0 Å². The van der Waals surface area contributed by atoms with E-state index in [1.807, 2.05) is 0 Å². The number of rotatable bonds is 5. The number of amides is 1. The van der Waals surface area contributed by atoms with Crippen molar-refractivity contribution in [2.45, 2.75) is 24.5 Å². The van der Waals surface area contributed by atoms with Crippen LogP contribution in [-0.4, -0.2) is 55.1 Å². The van der Waals surface area contributed by atoms with Crippen LogP contribution < -0.4 is 0 Å². The van der Waals surface area contributed by atoms with Crippen LogP contribution in [0.1, 0.15) is 19.3 Å². The molecule has 0 spiro atoms. The van der Waals surface area contributed by atoms with Gasteiger partial charge in [-0.15, -0.1) is 23.2 Å². The summed E-state index contributed by atoms with van der Waals surface area (Å²) >= 11 is 11.2. The minimum Gasteiger partial charge on any atom is -0.339 e. The molecule has 0 bridgehead atoms. The molecule has 1 unspecified atom stereocenters. The Hall–Kier alpha value is -0.000000000000000111. The van der Waals surface area contributed by atoms with E-state index < -0.39 is 15.1 Å². The van der Waals surface area contributed by atoms with Crippen LogP contribution in [-0.2, 0) is 14.6 Å². The standard InChI is InChI=1S/C10H17Cl2NO3S/c11-4-6-13(7-5-12)10(14)9-3-1-2-8-17(9,15)16/h9H,1-8H2. The van der Waals surface area contributed by atoms with Gasteiger partial charge in [-0.05, 0) is 12.8 Å². The molecule has 17 heavy (non-hydrogen) atoms. The summed E-state index contributed by atoms with van der Waals surface area (Å²) in [6.07, 6.45) is 1.85. The van der Waals surface area contributed by atoms with Crippen molar-refractivity contribution in [3.8, 4) is 0 Å². The Morgan fingerprint density at radius 3 is 2.24 bits per heavy atom. The van der Waals surface area contributed by atoms with Crippen molar-refractivity contribution in [1.82, 2.24) is 4.90 Å². The maximum absolute atomic E-state index is 12.1. The maximum atomic E-state index is 12.1. The zero-order chi connectivity index (χ0) is 12.9. The average Bonchev–Trinajstić information content (AvgIpc) is 2.27. The molecule has 1 atom stereocenters. The molecule has 1 saturated heterocycles. The van der Waals surface area contributed by atoms with E-state index in [2.05, 4.69) is 0 Å². The third-order valence-electron chi connectivity index (χ3n) is 2.87. The summed E-state index contributed by atoms with van der Waals surface area (Å²) in [5.41, 5.74) is 0. The highest BCUT2D eigenvalue weighted by atomic mass is 35.5. The number of nitrogens with zero attached hydrogens (tertiary/aromatic N) is 1. The smallest absolute Gasteiger partial charge is 0.240 e. The van der Waals surface area contributed by atoms with Gasteiger partial charge in [-0.25, -0.2) is 8.42 Å². The Labute approximate surface area is 112 Å². The summed E-state index contributed by atoms with van der Waals surface area (Å²) in [7, 11) is -3.28. The van der Waals surface area contributed by atoms with Crippen molar-refractivity contribution in [3.05, 3.63) is 0 Å². The highest BCUT2D eigenvalue weighted by Crippen LogP contribution is 2.21. The molecule has 1 aliphatic rings. The van der Waals surface area contributed by atoms with Crippen LogP contribution in [0.5, 0.6) is 0 Å². The van der Waals surface area contributed by atoms with E-state index in [1.54, 1.807) is 0 Å². The second-order valence-electron chi connectivity index (χ2n) is 4.05. The zero-order valence-corrected chi connectivity index (χ0v) is 11.9. The number of alkyl halides is 2. The van der Waals surface area contributed by atoms with E-state index >= 15 is 0 Å². The zero-order valence-electron chi connectivity index (χ0n) is 9.57. The van der Waals surface area contributed by atoms with Crippen molar-refractivity contribution >= 4 is 38.9 Å². The fourth-order valence-corrected chi connectivity index (χ4v) is 4.25. The quantitative estimate of drug-likeness (QED) is 0.719. The lowest BCUT2D eigenvalue weighted by Crippen LogP contribution is -2.46. The van der Waals surface area contributed by atoms with Crippen molar-refractivity contribution in [2.75, 3.05) is 30.6 Å². The molecular formula is C10H17Cl2NO3S. The molecule has 1 rings (SSSR count). The number of carbonyl (C=O) groups excluding carboxylic acids is 1. The van der Waals surface area contributed by atoms with E-state index in [9.17, 15) is 13.2 Å². The Bertz CT molecular complexity index is 353. The van der Waals surface area contributed by atoms with Crippen LogP contribution >= 0.6 is 23.2 Å². The van der Waals surface area contributed by atoms with Crippen molar-refractivity contribution in [2.24, 2.45) is 0 Å². The van der Waals surface area contributed by atoms with Gasteiger partial charge in [0.1, 0.15) is 5.25 Å². The van der Waals surface area contributed by atoms with Crippen LogP contribution in [0.3, 0.4) is 0 Å². The Balaban J connectivity index is 2.78. The Kier molecular flexibility index (Phi) is 6.03. The summed E-state index contributed by atoms with van der Waals surface area (Å²) in [6.45, 7) is 0.693. The molecule has 1 fully saturated rings. The Morgan fingerprint density at radius 1 is 1.18 bits per heavy atom. The molecule has 0 N–H and O–H groups in total. The average molecular weight is 302 g/mol. The first-order chi connectivity index (χ1) is 8.03. The molecule has 0 radical (unpaired) electrons. The molecule has 1 aliphatic heterocycles. The van der Waals surface area contributed by atoms with Gasteiger partial charge in [0.2, 0.25) is 5.91 Å². The van der Waals surface area contributed by atoms with Gasteiger partial charge >= 0.3 is 0 Å². The lowest BCUT2D eigenvalue weighted by molar-refractivity contribution is -0.130. The minimum atomic E-state index is -3.28. The predicted molar refractivity (Wildman–Crippen MR) is 69.4 cm³/mol. The number of carbonyl (C=O) groups is 1. The number of hydrogen-bond donors (Lipinski definition) is 0. The first-order valence-corrected chi connectivity index (χ1v) is 8.43. The normalized spacial score (nSPS) is 23.3. The number of halogens is 2. The molecular weight excluding hydrogens is 285 g/mol. The Morgan fingerprint density at radius 2 is 1.76 bits per heavy atom. The predicted octanol–water partition coefficient (Wildman–Crippen LogP) is 1.26. The molecule has 4 nitrogen and oxygen atoms in total. The highest BCUT2D eigenvalue weighted by Gasteiger charge is 2.37. The molecule has 0 saturated carbocycles. The first kappa shape index (κ1) is 15.1. The highest BCUT2D eigenvalue weighted by molar-refractivity contribution is 7.92. The van der Waals surface area contributed by atoms with Gasteiger partial charge < -0.3 is 4.90 Å². The fraction of sp³-hybridized carbons (Fsp3) is 0.900. The summed E-state index contributed by atoms with van der Waals surface area (Å²) in [4.78, 5) is 13.6. The lowest BCUT2D eigenvalue weighted by Gasteiger charge is -2.28. The molecule has 1 heterocycles. The molecule has 7 heteroatoms.